The Morgan fingerprint density at radius 3 is 2.45 bits per heavy atom. The minimum atomic E-state index is -1.30. The maximum absolute atomic E-state index is 12.4. The quantitative estimate of drug-likeness (QED) is 0.707. The summed E-state index contributed by atoms with van der Waals surface area (Å²) in [5.74, 6) is 0.844. The third kappa shape index (κ3) is 3.62. The Labute approximate surface area is 136 Å². The van der Waals surface area contributed by atoms with E-state index in [9.17, 15) is 4.79 Å². The van der Waals surface area contributed by atoms with Crippen molar-refractivity contribution in [2.24, 2.45) is 5.92 Å². The highest BCUT2D eigenvalue weighted by Crippen LogP contribution is 2.41. The van der Waals surface area contributed by atoms with E-state index < -0.39 is 8.07 Å². The molecule has 22 heavy (non-hydrogen) atoms. The van der Waals surface area contributed by atoms with Gasteiger partial charge in [0.2, 0.25) is 5.91 Å². The largest absolute Gasteiger partial charge is 0.312 e. The Balaban J connectivity index is 2.12. The number of rotatable bonds is 4. The molecule has 2 rings (SSSR count). The van der Waals surface area contributed by atoms with Crippen LogP contribution in [0.4, 0.5) is 5.69 Å². The smallest absolute Gasteiger partial charge is 0.227 e. The van der Waals surface area contributed by atoms with Crippen LogP contribution in [0.5, 0.6) is 0 Å². The normalized spacial score (nSPS) is 17.4. The summed E-state index contributed by atoms with van der Waals surface area (Å²) >= 11 is 0. The average Bonchev–Trinajstić information content (AvgIpc) is 2.40. The van der Waals surface area contributed by atoms with Crippen LogP contribution in [0.2, 0.25) is 24.2 Å². The third-order valence-corrected chi connectivity index (χ3v) is 11.4. The number of benzene rings is 1. The number of fused-ring (bicyclic) bond motifs is 1. The maximum Gasteiger partial charge on any atom is 0.227 e. The van der Waals surface area contributed by atoms with Crippen LogP contribution in [0.1, 0.15) is 39.7 Å². The number of carbonyl (C=O) groups excluding carboxylic acids is 1. The first-order valence-electron chi connectivity index (χ1n) is 8.50. The average molecular weight is 318 g/mol. The number of hydrogen-bond donors (Lipinski definition) is 0. The van der Waals surface area contributed by atoms with Crippen LogP contribution in [0.15, 0.2) is 24.3 Å². The van der Waals surface area contributed by atoms with E-state index >= 15 is 0 Å². The van der Waals surface area contributed by atoms with Gasteiger partial charge in [-0.25, -0.2) is 0 Å². The van der Waals surface area contributed by atoms with Crippen LogP contribution in [0.25, 0.3) is 0 Å². The fourth-order valence-electron chi connectivity index (χ4n) is 3.25. The van der Waals surface area contributed by atoms with Gasteiger partial charge in [0, 0.05) is 18.7 Å². The molecular weight excluding hydrogens is 286 g/mol. The summed E-state index contributed by atoms with van der Waals surface area (Å²) in [5.41, 5.74) is 2.46. The van der Waals surface area contributed by atoms with E-state index in [4.69, 9.17) is 0 Å². The van der Waals surface area contributed by atoms with Gasteiger partial charge < -0.3 is 4.90 Å². The molecule has 0 fully saturated rings. The molecule has 0 aromatic heterocycles. The van der Waals surface area contributed by atoms with Crippen molar-refractivity contribution in [3.05, 3.63) is 29.8 Å². The Bertz CT molecular complexity index is 545. The molecule has 0 bridgehead atoms. The maximum atomic E-state index is 12.4. The van der Waals surface area contributed by atoms with Gasteiger partial charge in [0.15, 0.2) is 0 Å². The van der Waals surface area contributed by atoms with Gasteiger partial charge >= 0.3 is 0 Å². The predicted octanol–water partition coefficient (Wildman–Crippen LogP) is 5.11. The lowest BCUT2D eigenvalue weighted by Crippen LogP contribution is -2.43. The van der Waals surface area contributed by atoms with Gasteiger partial charge in [0.1, 0.15) is 0 Å². The zero-order valence-electron chi connectivity index (χ0n) is 15.1. The summed E-state index contributed by atoms with van der Waals surface area (Å²) in [7, 11) is -1.30. The molecule has 0 N–H and O–H groups in total. The van der Waals surface area contributed by atoms with E-state index in [1.807, 2.05) is 11.0 Å². The second kappa shape index (κ2) is 6.19. The van der Waals surface area contributed by atoms with Crippen molar-refractivity contribution in [3.8, 4) is 0 Å². The fraction of sp³-hybridized carbons (Fsp3) is 0.632. The van der Waals surface area contributed by atoms with Crippen LogP contribution >= 0.6 is 0 Å². The molecule has 1 amide bonds. The SMILES string of the molecule is CC(CN1C(=O)CCc2ccccc21)C[Si](C)(C)C(C)(C)C. The molecule has 1 aliphatic heterocycles. The number of amides is 1. The lowest BCUT2D eigenvalue weighted by atomic mass is 10.00. The van der Waals surface area contributed by atoms with Gasteiger partial charge in [0.05, 0.1) is 8.07 Å². The zero-order chi connectivity index (χ0) is 16.5. The van der Waals surface area contributed by atoms with E-state index in [1.54, 1.807) is 0 Å². The standard InChI is InChI=1S/C19H31NOSi/c1-15(14-22(5,6)19(2,3)4)13-20-17-10-8-7-9-16(17)11-12-18(20)21/h7-10,15H,11-14H2,1-6H3. The summed E-state index contributed by atoms with van der Waals surface area (Å²) < 4.78 is 0. The molecule has 122 valence electrons. The number of aryl methyl sites for hydroxylation is 1. The molecule has 1 aromatic carbocycles. The van der Waals surface area contributed by atoms with Crippen LogP contribution in [-0.4, -0.2) is 20.5 Å². The number of carbonyl (C=O) groups is 1. The number of anilines is 1. The molecule has 1 heterocycles. The van der Waals surface area contributed by atoms with Crippen molar-refractivity contribution in [3.63, 3.8) is 0 Å². The van der Waals surface area contributed by atoms with Crippen LogP contribution in [-0.2, 0) is 11.2 Å². The van der Waals surface area contributed by atoms with Crippen molar-refractivity contribution in [1.29, 1.82) is 0 Å². The molecule has 0 saturated carbocycles. The number of nitrogens with zero attached hydrogens (tertiary/aromatic N) is 1. The van der Waals surface area contributed by atoms with Gasteiger partial charge in [-0.1, -0.05) is 65.0 Å². The summed E-state index contributed by atoms with van der Waals surface area (Å²) in [4.78, 5) is 14.4. The van der Waals surface area contributed by atoms with Crippen molar-refractivity contribution < 1.29 is 4.79 Å². The first-order chi connectivity index (χ1) is 10.1. The van der Waals surface area contributed by atoms with E-state index in [0.29, 0.717) is 23.3 Å². The lowest BCUT2D eigenvalue weighted by molar-refractivity contribution is -0.119. The summed E-state index contributed by atoms with van der Waals surface area (Å²) in [6, 6.07) is 9.65. The molecule has 2 nitrogen and oxygen atoms in total. The predicted molar refractivity (Wildman–Crippen MR) is 98.3 cm³/mol. The monoisotopic (exact) mass is 317 g/mol. The van der Waals surface area contributed by atoms with E-state index in [2.05, 4.69) is 59.0 Å². The minimum Gasteiger partial charge on any atom is -0.312 e. The fourth-order valence-corrected chi connectivity index (χ4v) is 5.73. The molecule has 1 aromatic rings. The van der Waals surface area contributed by atoms with Crippen LogP contribution < -0.4 is 4.90 Å². The Kier molecular flexibility index (Phi) is 4.86. The second-order valence-electron chi connectivity index (χ2n) is 8.58. The second-order valence-corrected chi connectivity index (χ2v) is 14.3. The molecule has 1 aliphatic rings. The molecule has 0 saturated heterocycles. The van der Waals surface area contributed by atoms with Crippen molar-refractivity contribution in [1.82, 2.24) is 0 Å². The summed E-state index contributed by atoms with van der Waals surface area (Å²) in [6.45, 7) is 15.2. The van der Waals surface area contributed by atoms with Gasteiger partial charge in [-0.15, -0.1) is 0 Å². The van der Waals surface area contributed by atoms with Crippen LogP contribution in [0, 0.1) is 5.92 Å². The Morgan fingerprint density at radius 1 is 1.18 bits per heavy atom. The van der Waals surface area contributed by atoms with Crippen molar-refractivity contribution in [2.75, 3.05) is 11.4 Å². The summed E-state index contributed by atoms with van der Waals surface area (Å²) in [5, 5.41) is 0.408. The zero-order valence-corrected chi connectivity index (χ0v) is 16.1. The van der Waals surface area contributed by atoms with E-state index in [-0.39, 0.29) is 0 Å². The minimum absolute atomic E-state index is 0.292. The topological polar surface area (TPSA) is 20.3 Å². The van der Waals surface area contributed by atoms with E-state index in [0.717, 1.165) is 18.7 Å². The molecule has 1 atom stereocenters. The third-order valence-electron chi connectivity index (χ3n) is 5.58. The number of hydrogen-bond acceptors (Lipinski definition) is 1. The lowest BCUT2D eigenvalue weighted by Gasteiger charge is -2.40. The molecule has 0 radical (unpaired) electrons. The van der Waals surface area contributed by atoms with Gasteiger partial charge in [0.25, 0.3) is 0 Å². The first kappa shape index (κ1) is 17.3. The summed E-state index contributed by atoms with van der Waals surface area (Å²) in [6.07, 6.45) is 1.55. The van der Waals surface area contributed by atoms with Gasteiger partial charge in [-0.05, 0) is 29.0 Å². The molecular formula is C19H31NOSi. The highest BCUT2D eigenvalue weighted by atomic mass is 28.3. The van der Waals surface area contributed by atoms with Gasteiger partial charge in [-0.2, -0.15) is 0 Å². The van der Waals surface area contributed by atoms with Crippen molar-refractivity contribution >= 4 is 19.7 Å². The molecule has 0 aliphatic carbocycles. The van der Waals surface area contributed by atoms with Crippen molar-refractivity contribution in [2.45, 2.75) is 64.7 Å². The van der Waals surface area contributed by atoms with E-state index in [1.165, 1.54) is 11.6 Å². The van der Waals surface area contributed by atoms with Crippen LogP contribution in [0.3, 0.4) is 0 Å². The molecule has 3 heteroatoms. The highest BCUT2D eigenvalue weighted by molar-refractivity contribution is 6.80. The first-order valence-corrected chi connectivity index (χ1v) is 11.7. The van der Waals surface area contributed by atoms with Gasteiger partial charge in [-0.3, -0.25) is 4.79 Å². The highest BCUT2D eigenvalue weighted by Gasteiger charge is 2.37. The Morgan fingerprint density at radius 2 is 1.82 bits per heavy atom. The molecule has 1 unspecified atom stereocenters. The Hall–Kier alpha value is -1.09. The number of para-hydroxylation sites is 1. The molecule has 0 spiro atoms.